The van der Waals surface area contributed by atoms with E-state index >= 15 is 0 Å². The number of amides is 1. The fourth-order valence-electron chi connectivity index (χ4n) is 4.65. The van der Waals surface area contributed by atoms with Crippen molar-refractivity contribution >= 4 is 54.2 Å². The molecule has 192 valence electrons. The molecule has 5 rings (SSSR count). The molecule has 6 nitrogen and oxygen atoms in total. The molecule has 3 aromatic carbocycles. The Hall–Kier alpha value is -2.78. The second-order valence-electron chi connectivity index (χ2n) is 9.39. The van der Waals surface area contributed by atoms with Crippen LogP contribution in [0.1, 0.15) is 29.5 Å². The first-order valence-electron chi connectivity index (χ1n) is 12.2. The maximum atomic E-state index is 13.9. The molecular formula is C28H28ClN3O3S2. The summed E-state index contributed by atoms with van der Waals surface area (Å²) in [7, 11) is -3.64. The van der Waals surface area contributed by atoms with E-state index in [0.29, 0.717) is 42.6 Å². The summed E-state index contributed by atoms with van der Waals surface area (Å²) in [5.41, 5.74) is 4.23. The number of carbonyl (C=O) groups excluding carboxylic acids is 1. The van der Waals surface area contributed by atoms with Gasteiger partial charge in [-0.05, 0) is 73.7 Å². The van der Waals surface area contributed by atoms with Crippen molar-refractivity contribution in [2.75, 3.05) is 18.0 Å². The average Bonchev–Trinajstić information content (AvgIpc) is 3.35. The van der Waals surface area contributed by atoms with E-state index in [0.717, 1.165) is 21.3 Å². The summed E-state index contributed by atoms with van der Waals surface area (Å²) in [6.07, 6.45) is 0.917. The van der Waals surface area contributed by atoms with Crippen LogP contribution < -0.4 is 4.90 Å². The Morgan fingerprint density at radius 1 is 1.03 bits per heavy atom. The van der Waals surface area contributed by atoms with Crippen LogP contribution in [-0.4, -0.2) is 36.7 Å². The van der Waals surface area contributed by atoms with E-state index in [1.807, 2.05) is 30.3 Å². The minimum absolute atomic E-state index is 0.0131. The number of carbonyl (C=O) groups is 1. The highest BCUT2D eigenvalue weighted by Gasteiger charge is 2.35. The molecule has 0 bridgehead atoms. The maximum Gasteiger partial charge on any atom is 0.243 e. The normalized spacial score (nSPS) is 15.2. The van der Waals surface area contributed by atoms with Gasteiger partial charge in [-0.1, -0.05) is 59.3 Å². The zero-order chi connectivity index (χ0) is 26.2. The quantitative estimate of drug-likeness (QED) is 0.285. The summed E-state index contributed by atoms with van der Waals surface area (Å²) in [6.45, 7) is 5.12. The van der Waals surface area contributed by atoms with Crippen LogP contribution >= 0.6 is 22.9 Å². The number of fused-ring (bicyclic) bond motifs is 1. The number of thiazole rings is 1. The minimum atomic E-state index is -3.64. The molecule has 1 aromatic heterocycles. The Bertz CT molecular complexity index is 1530. The van der Waals surface area contributed by atoms with Crippen molar-refractivity contribution in [2.45, 2.75) is 38.1 Å². The van der Waals surface area contributed by atoms with Crippen LogP contribution in [-0.2, 0) is 21.4 Å². The van der Waals surface area contributed by atoms with Gasteiger partial charge in [0.15, 0.2) is 5.13 Å². The van der Waals surface area contributed by atoms with E-state index in [4.69, 9.17) is 16.6 Å². The minimum Gasteiger partial charge on any atom is -0.283 e. The van der Waals surface area contributed by atoms with Crippen LogP contribution in [0.2, 0.25) is 5.02 Å². The van der Waals surface area contributed by atoms with Gasteiger partial charge in [-0.25, -0.2) is 13.4 Å². The van der Waals surface area contributed by atoms with Crippen molar-refractivity contribution in [3.63, 3.8) is 0 Å². The van der Waals surface area contributed by atoms with Gasteiger partial charge in [0.25, 0.3) is 0 Å². The molecule has 2 heterocycles. The molecule has 0 atom stereocenters. The van der Waals surface area contributed by atoms with Gasteiger partial charge in [0.1, 0.15) is 0 Å². The van der Waals surface area contributed by atoms with Crippen LogP contribution in [0.4, 0.5) is 5.13 Å². The summed E-state index contributed by atoms with van der Waals surface area (Å²) in [6, 6.07) is 20.2. The first-order chi connectivity index (χ1) is 17.7. The SMILES string of the molecule is Cc1ccc2sc(N(Cc3ccccc3)C(=O)C3CCN(S(=O)(=O)c4ccc(Cl)cc4)CC3)nc2c1C. The van der Waals surface area contributed by atoms with Gasteiger partial charge in [-0.3, -0.25) is 9.69 Å². The summed E-state index contributed by atoms with van der Waals surface area (Å²) in [5, 5.41) is 1.16. The van der Waals surface area contributed by atoms with Crippen LogP contribution in [0, 0.1) is 19.8 Å². The summed E-state index contributed by atoms with van der Waals surface area (Å²) in [4.78, 5) is 20.8. The molecule has 0 spiro atoms. The Kier molecular flexibility index (Phi) is 7.36. The van der Waals surface area contributed by atoms with Crippen molar-refractivity contribution in [1.29, 1.82) is 0 Å². The lowest BCUT2D eigenvalue weighted by Crippen LogP contribution is -2.44. The van der Waals surface area contributed by atoms with Gasteiger partial charge in [0.05, 0.1) is 21.7 Å². The predicted molar refractivity (Wildman–Crippen MR) is 150 cm³/mol. The van der Waals surface area contributed by atoms with Crippen LogP contribution in [0.5, 0.6) is 0 Å². The second kappa shape index (κ2) is 10.5. The Morgan fingerprint density at radius 2 is 1.70 bits per heavy atom. The monoisotopic (exact) mass is 553 g/mol. The van der Waals surface area contributed by atoms with Crippen molar-refractivity contribution in [2.24, 2.45) is 5.92 Å². The van der Waals surface area contributed by atoms with E-state index < -0.39 is 10.0 Å². The molecule has 0 unspecified atom stereocenters. The first-order valence-corrected chi connectivity index (χ1v) is 14.9. The lowest BCUT2D eigenvalue weighted by Gasteiger charge is -2.33. The van der Waals surface area contributed by atoms with Gasteiger partial charge < -0.3 is 0 Å². The summed E-state index contributed by atoms with van der Waals surface area (Å²) in [5.74, 6) is -0.295. The van der Waals surface area contributed by atoms with E-state index in [2.05, 4.69) is 26.0 Å². The summed E-state index contributed by atoms with van der Waals surface area (Å²) >= 11 is 7.45. The van der Waals surface area contributed by atoms with Crippen molar-refractivity contribution in [1.82, 2.24) is 9.29 Å². The molecule has 1 aliphatic heterocycles. The number of hydrogen-bond acceptors (Lipinski definition) is 5. The largest absolute Gasteiger partial charge is 0.283 e. The van der Waals surface area contributed by atoms with Gasteiger partial charge in [0.2, 0.25) is 15.9 Å². The lowest BCUT2D eigenvalue weighted by molar-refractivity contribution is -0.123. The van der Waals surface area contributed by atoms with Crippen molar-refractivity contribution < 1.29 is 13.2 Å². The third-order valence-corrected chi connectivity index (χ3v) is 10.2. The highest BCUT2D eigenvalue weighted by molar-refractivity contribution is 7.89. The van der Waals surface area contributed by atoms with Crippen LogP contribution in [0.15, 0.2) is 71.6 Å². The van der Waals surface area contributed by atoms with Crippen LogP contribution in [0.3, 0.4) is 0 Å². The second-order valence-corrected chi connectivity index (χ2v) is 12.8. The third-order valence-electron chi connectivity index (χ3n) is 7.01. The standard InChI is InChI=1S/C28H28ClN3O3S2/c1-19-8-13-25-26(20(19)2)30-28(36-25)32(18-21-6-4-3-5-7-21)27(33)22-14-16-31(17-15-22)37(34,35)24-11-9-23(29)10-12-24/h3-13,22H,14-18H2,1-2H3. The molecule has 9 heteroatoms. The van der Waals surface area contributed by atoms with Gasteiger partial charge in [-0.2, -0.15) is 4.31 Å². The molecular weight excluding hydrogens is 526 g/mol. The molecule has 0 aliphatic carbocycles. The number of nitrogens with zero attached hydrogens (tertiary/aromatic N) is 3. The van der Waals surface area contributed by atoms with Crippen LogP contribution in [0.25, 0.3) is 10.2 Å². The van der Waals surface area contributed by atoms with E-state index in [1.165, 1.54) is 33.3 Å². The number of rotatable bonds is 6. The van der Waals surface area contributed by atoms with E-state index in [1.54, 1.807) is 17.0 Å². The number of halogens is 1. The summed E-state index contributed by atoms with van der Waals surface area (Å²) < 4.78 is 28.7. The number of anilines is 1. The topological polar surface area (TPSA) is 70.6 Å². The fourth-order valence-corrected chi connectivity index (χ4v) is 7.28. The number of benzene rings is 3. The molecule has 1 amide bonds. The molecule has 37 heavy (non-hydrogen) atoms. The smallest absolute Gasteiger partial charge is 0.243 e. The maximum absolute atomic E-state index is 13.9. The number of aryl methyl sites for hydroxylation is 2. The average molecular weight is 554 g/mol. The number of sulfonamides is 1. The first kappa shape index (κ1) is 25.9. The van der Waals surface area contributed by atoms with Crippen molar-refractivity contribution in [3.8, 4) is 0 Å². The van der Waals surface area contributed by atoms with E-state index in [-0.39, 0.29) is 16.7 Å². The highest BCUT2D eigenvalue weighted by atomic mass is 35.5. The molecule has 0 saturated carbocycles. The zero-order valence-electron chi connectivity index (χ0n) is 20.7. The van der Waals surface area contributed by atoms with Crippen molar-refractivity contribution in [3.05, 3.63) is 88.4 Å². The molecule has 1 fully saturated rings. The van der Waals surface area contributed by atoms with Gasteiger partial charge in [0, 0.05) is 24.0 Å². The molecule has 4 aromatic rings. The lowest BCUT2D eigenvalue weighted by atomic mass is 9.96. The highest BCUT2D eigenvalue weighted by Crippen LogP contribution is 2.35. The molecule has 1 saturated heterocycles. The molecule has 0 radical (unpaired) electrons. The van der Waals surface area contributed by atoms with Gasteiger partial charge >= 0.3 is 0 Å². The Morgan fingerprint density at radius 3 is 2.38 bits per heavy atom. The third kappa shape index (κ3) is 5.29. The van der Waals surface area contributed by atoms with Gasteiger partial charge in [-0.15, -0.1) is 0 Å². The predicted octanol–water partition coefficient (Wildman–Crippen LogP) is 6.20. The Labute approximate surface area is 226 Å². The zero-order valence-corrected chi connectivity index (χ0v) is 23.1. The number of aromatic nitrogens is 1. The number of piperidine rings is 1. The number of hydrogen-bond donors (Lipinski definition) is 0. The molecule has 0 N–H and O–H groups in total. The fraction of sp³-hybridized carbons (Fsp3) is 0.286. The Balaban J connectivity index is 1.39. The van der Waals surface area contributed by atoms with E-state index in [9.17, 15) is 13.2 Å². The molecule has 1 aliphatic rings.